The molecule has 1 heterocycles. The van der Waals surface area contributed by atoms with E-state index in [1.165, 1.54) is 0 Å². The van der Waals surface area contributed by atoms with Crippen LogP contribution in [0.4, 0.5) is 0 Å². The lowest BCUT2D eigenvalue weighted by Gasteiger charge is -2.33. The van der Waals surface area contributed by atoms with Gasteiger partial charge in [-0.05, 0) is 13.3 Å². The predicted molar refractivity (Wildman–Crippen MR) is 47.3 cm³/mol. The van der Waals surface area contributed by atoms with Gasteiger partial charge in [-0.2, -0.15) is 0 Å². The summed E-state index contributed by atoms with van der Waals surface area (Å²) in [7, 11) is 2.68. The number of nitrogens with zero attached hydrogens (tertiary/aromatic N) is 1. The fraction of sp³-hybridized carbons (Fsp3) is 1.00. The quantitative estimate of drug-likeness (QED) is 0.614. The van der Waals surface area contributed by atoms with Gasteiger partial charge in [0.15, 0.2) is 0 Å². The minimum absolute atomic E-state index is 0.209. The Morgan fingerprint density at radius 2 is 2.36 bits per heavy atom. The van der Waals surface area contributed by atoms with Gasteiger partial charge >= 0.3 is 0 Å². The zero-order valence-electron chi connectivity index (χ0n) is 6.86. The lowest BCUT2D eigenvalue weighted by Crippen LogP contribution is -2.42. The van der Waals surface area contributed by atoms with E-state index < -0.39 is 0 Å². The summed E-state index contributed by atoms with van der Waals surface area (Å²) < 4.78 is 7.74. The molecule has 0 bridgehead atoms. The molecule has 1 fully saturated rings. The molecular weight excluding hydrogens is 161 g/mol. The first-order valence-electron chi connectivity index (χ1n) is 3.98. The van der Waals surface area contributed by atoms with Gasteiger partial charge in [0.1, 0.15) is 0 Å². The van der Waals surface area contributed by atoms with Gasteiger partial charge in [0.2, 0.25) is 0 Å². The van der Waals surface area contributed by atoms with E-state index in [4.69, 9.17) is 9.84 Å². The molecular formula is C7H16NO2P. The van der Waals surface area contributed by atoms with Crippen molar-refractivity contribution in [3.63, 3.8) is 0 Å². The Kier molecular flexibility index (Phi) is 3.73. The molecule has 0 amide bonds. The van der Waals surface area contributed by atoms with Gasteiger partial charge in [-0.15, -0.1) is 0 Å². The van der Waals surface area contributed by atoms with Crippen LogP contribution in [0.25, 0.3) is 0 Å². The molecule has 0 saturated carbocycles. The maximum absolute atomic E-state index is 8.69. The van der Waals surface area contributed by atoms with Crippen LogP contribution in [0.5, 0.6) is 0 Å². The summed E-state index contributed by atoms with van der Waals surface area (Å²) in [5, 5.41) is 8.69. The topological polar surface area (TPSA) is 32.7 Å². The number of ether oxygens (including phenoxy) is 1. The molecule has 1 N–H and O–H groups in total. The Morgan fingerprint density at radius 1 is 1.64 bits per heavy atom. The van der Waals surface area contributed by atoms with E-state index in [0.29, 0.717) is 0 Å². The second kappa shape index (κ2) is 4.36. The van der Waals surface area contributed by atoms with Crippen LogP contribution in [0.1, 0.15) is 13.3 Å². The Morgan fingerprint density at radius 3 is 2.91 bits per heavy atom. The number of hydrogen-bond donors (Lipinski definition) is 1. The molecule has 3 nitrogen and oxygen atoms in total. The summed E-state index contributed by atoms with van der Waals surface area (Å²) in [6, 6.07) is 0. The Hall–Kier alpha value is 0.310. The molecule has 0 aromatic heterocycles. The monoisotopic (exact) mass is 177 g/mol. The maximum atomic E-state index is 8.69. The van der Waals surface area contributed by atoms with Crippen LogP contribution >= 0.6 is 9.39 Å². The standard InChI is InChI=1S/C7H16NO2P/c1-6-4-8(11)5-7(10-6)2-3-9/h6-7,9H,2-5,11H2,1H3. The van der Waals surface area contributed by atoms with Crippen LogP contribution in [0.3, 0.4) is 0 Å². The first-order chi connectivity index (χ1) is 5.22. The van der Waals surface area contributed by atoms with Crippen molar-refractivity contribution in [2.45, 2.75) is 25.6 Å². The lowest BCUT2D eigenvalue weighted by atomic mass is 10.2. The smallest absolute Gasteiger partial charge is 0.0731 e. The number of morpholine rings is 1. The van der Waals surface area contributed by atoms with Gasteiger partial charge in [-0.3, -0.25) is 4.67 Å². The largest absolute Gasteiger partial charge is 0.396 e. The summed E-state index contributed by atoms with van der Waals surface area (Å²) in [4.78, 5) is 0. The highest BCUT2D eigenvalue weighted by Crippen LogP contribution is 2.15. The van der Waals surface area contributed by atoms with Crippen LogP contribution in [0.15, 0.2) is 0 Å². The third kappa shape index (κ3) is 3.04. The van der Waals surface area contributed by atoms with Gasteiger partial charge in [0.25, 0.3) is 0 Å². The van der Waals surface area contributed by atoms with Crippen molar-refractivity contribution in [2.24, 2.45) is 0 Å². The van der Waals surface area contributed by atoms with Crippen LogP contribution < -0.4 is 0 Å². The van der Waals surface area contributed by atoms with Gasteiger partial charge in [0.05, 0.1) is 12.2 Å². The molecule has 1 aliphatic heterocycles. The van der Waals surface area contributed by atoms with Gasteiger partial charge in [0, 0.05) is 19.7 Å². The van der Waals surface area contributed by atoms with Gasteiger partial charge in [-0.1, -0.05) is 9.39 Å². The molecule has 0 aromatic rings. The molecule has 3 atom stereocenters. The number of hydrogen-bond acceptors (Lipinski definition) is 3. The fourth-order valence-electron chi connectivity index (χ4n) is 1.38. The first-order valence-corrected chi connectivity index (χ1v) is 4.50. The molecule has 0 spiro atoms. The third-order valence-corrected chi connectivity index (χ3v) is 2.23. The number of aliphatic hydroxyl groups excluding tert-OH is 1. The highest BCUT2D eigenvalue weighted by atomic mass is 31.0. The minimum Gasteiger partial charge on any atom is -0.396 e. The summed E-state index contributed by atoms with van der Waals surface area (Å²) >= 11 is 0. The molecule has 0 aliphatic carbocycles. The second-order valence-corrected chi connectivity index (χ2v) is 3.77. The van der Waals surface area contributed by atoms with Crippen molar-refractivity contribution in [3.8, 4) is 0 Å². The molecule has 0 aromatic carbocycles. The SMILES string of the molecule is CC1CN(P)CC(CCO)O1. The molecule has 3 unspecified atom stereocenters. The van der Waals surface area contributed by atoms with Crippen molar-refractivity contribution in [2.75, 3.05) is 19.7 Å². The normalized spacial score (nSPS) is 34.1. The first kappa shape index (κ1) is 9.40. The molecule has 66 valence electrons. The molecule has 1 rings (SSSR count). The summed E-state index contributed by atoms with van der Waals surface area (Å²) in [5.74, 6) is 0. The molecule has 0 radical (unpaired) electrons. The summed E-state index contributed by atoms with van der Waals surface area (Å²) in [5.41, 5.74) is 0. The van der Waals surface area contributed by atoms with Crippen LogP contribution in [0, 0.1) is 0 Å². The highest BCUT2D eigenvalue weighted by Gasteiger charge is 2.21. The highest BCUT2D eigenvalue weighted by molar-refractivity contribution is 7.13. The lowest BCUT2D eigenvalue weighted by molar-refractivity contribution is -0.0600. The van der Waals surface area contributed by atoms with Gasteiger partial charge in [-0.25, -0.2) is 0 Å². The number of rotatable bonds is 2. The molecule has 11 heavy (non-hydrogen) atoms. The fourth-order valence-corrected chi connectivity index (χ4v) is 1.92. The average Bonchev–Trinajstić information content (AvgIpc) is 1.85. The van der Waals surface area contributed by atoms with Crippen LogP contribution in [-0.2, 0) is 4.74 Å². The average molecular weight is 177 g/mol. The minimum atomic E-state index is 0.209. The van der Waals surface area contributed by atoms with Crippen molar-refractivity contribution < 1.29 is 9.84 Å². The third-order valence-electron chi connectivity index (χ3n) is 1.81. The van der Waals surface area contributed by atoms with E-state index in [-0.39, 0.29) is 18.8 Å². The van der Waals surface area contributed by atoms with Crippen molar-refractivity contribution in [1.82, 2.24) is 4.67 Å². The summed E-state index contributed by atoms with van der Waals surface area (Å²) in [6.45, 7) is 4.15. The zero-order chi connectivity index (χ0) is 8.27. The van der Waals surface area contributed by atoms with E-state index in [9.17, 15) is 0 Å². The Labute approximate surface area is 70.0 Å². The maximum Gasteiger partial charge on any atom is 0.0731 e. The predicted octanol–water partition coefficient (Wildman–Crippen LogP) is 0.248. The van der Waals surface area contributed by atoms with Crippen molar-refractivity contribution >= 4 is 9.39 Å². The summed E-state index contributed by atoms with van der Waals surface area (Å²) in [6.07, 6.45) is 1.24. The van der Waals surface area contributed by atoms with E-state index in [0.717, 1.165) is 19.5 Å². The number of aliphatic hydroxyl groups is 1. The van der Waals surface area contributed by atoms with Gasteiger partial charge < -0.3 is 9.84 Å². The Balaban J connectivity index is 2.30. The van der Waals surface area contributed by atoms with Crippen LogP contribution in [-0.4, -0.2) is 41.7 Å². The van der Waals surface area contributed by atoms with E-state index in [2.05, 4.69) is 21.0 Å². The molecule has 1 saturated heterocycles. The zero-order valence-corrected chi connectivity index (χ0v) is 8.02. The van der Waals surface area contributed by atoms with E-state index >= 15 is 0 Å². The van der Waals surface area contributed by atoms with Crippen LogP contribution in [0.2, 0.25) is 0 Å². The van der Waals surface area contributed by atoms with E-state index in [1.807, 2.05) is 0 Å². The molecule has 4 heteroatoms. The Bertz CT molecular complexity index is 113. The second-order valence-electron chi connectivity index (χ2n) is 3.03. The molecule has 1 aliphatic rings. The van der Waals surface area contributed by atoms with E-state index in [1.54, 1.807) is 0 Å². The van der Waals surface area contributed by atoms with Crippen molar-refractivity contribution in [3.05, 3.63) is 0 Å². The van der Waals surface area contributed by atoms with Crippen molar-refractivity contribution in [1.29, 1.82) is 0 Å².